The van der Waals surface area contributed by atoms with Gasteiger partial charge in [-0.2, -0.15) is 0 Å². The molecule has 0 heterocycles. The van der Waals surface area contributed by atoms with Crippen LogP contribution >= 0.6 is 0 Å². The Labute approximate surface area is 78.6 Å². The quantitative estimate of drug-likeness (QED) is 0.654. The summed E-state index contributed by atoms with van der Waals surface area (Å²) in [6.07, 6.45) is 6.41. The Morgan fingerprint density at radius 2 is 2.08 bits per heavy atom. The Kier molecular flexibility index (Phi) is 1.84. The highest BCUT2D eigenvalue weighted by molar-refractivity contribution is 5.89. The fraction of sp³-hybridized carbons (Fsp3) is 0.727. The molecule has 0 aliphatic heterocycles. The molecule has 1 N–H and O–H groups in total. The predicted molar refractivity (Wildman–Crippen MR) is 50.1 cm³/mol. The van der Waals surface area contributed by atoms with Crippen LogP contribution in [0.4, 0.5) is 0 Å². The number of rotatable bonds is 2. The normalized spacial score (nSPS) is 37.0. The first-order valence-corrected chi connectivity index (χ1v) is 4.93. The number of hydrogen-bond acceptors (Lipinski definition) is 2. The van der Waals surface area contributed by atoms with Crippen molar-refractivity contribution < 1.29 is 9.90 Å². The van der Waals surface area contributed by atoms with Crippen molar-refractivity contribution in [3.63, 3.8) is 0 Å². The van der Waals surface area contributed by atoms with E-state index in [2.05, 4.69) is 12.2 Å². The summed E-state index contributed by atoms with van der Waals surface area (Å²) in [6, 6.07) is 0. The van der Waals surface area contributed by atoms with E-state index in [1.54, 1.807) is 13.8 Å². The third-order valence-electron chi connectivity index (χ3n) is 3.22. The molecule has 0 aromatic rings. The molecule has 0 spiro atoms. The van der Waals surface area contributed by atoms with Crippen molar-refractivity contribution in [2.45, 2.75) is 32.3 Å². The van der Waals surface area contributed by atoms with Gasteiger partial charge in [-0.1, -0.05) is 12.2 Å². The van der Waals surface area contributed by atoms with E-state index in [-0.39, 0.29) is 11.7 Å². The van der Waals surface area contributed by atoms with Crippen LogP contribution in [0.3, 0.4) is 0 Å². The summed E-state index contributed by atoms with van der Waals surface area (Å²) < 4.78 is 0. The van der Waals surface area contributed by atoms with Gasteiger partial charge < -0.3 is 5.11 Å². The SMILES string of the molecule is CC(C)(O)C(=O)[C@H]1C[C@H]2C=C[C@@H]1C2. The minimum absolute atomic E-state index is 0.0179. The van der Waals surface area contributed by atoms with Gasteiger partial charge in [-0.3, -0.25) is 4.79 Å². The molecular weight excluding hydrogens is 164 g/mol. The van der Waals surface area contributed by atoms with E-state index in [4.69, 9.17) is 0 Å². The average Bonchev–Trinajstić information content (AvgIpc) is 2.60. The van der Waals surface area contributed by atoms with Crippen molar-refractivity contribution in [2.24, 2.45) is 17.8 Å². The molecule has 13 heavy (non-hydrogen) atoms. The van der Waals surface area contributed by atoms with Crippen LogP contribution in [0, 0.1) is 17.8 Å². The van der Waals surface area contributed by atoms with Gasteiger partial charge in [0.2, 0.25) is 0 Å². The number of hydrogen-bond donors (Lipinski definition) is 1. The summed E-state index contributed by atoms with van der Waals surface area (Å²) in [4.78, 5) is 11.8. The second kappa shape index (κ2) is 2.68. The lowest BCUT2D eigenvalue weighted by atomic mass is 9.83. The first-order chi connectivity index (χ1) is 5.98. The Morgan fingerprint density at radius 3 is 2.46 bits per heavy atom. The molecule has 2 rings (SSSR count). The van der Waals surface area contributed by atoms with E-state index in [0.717, 1.165) is 12.8 Å². The maximum Gasteiger partial charge on any atom is 0.167 e. The molecular formula is C11H16O2. The van der Waals surface area contributed by atoms with Gasteiger partial charge in [0.1, 0.15) is 5.60 Å². The topological polar surface area (TPSA) is 37.3 Å². The molecule has 0 aromatic heterocycles. The second-order valence-electron chi connectivity index (χ2n) is 4.81. The summed E-state index contributed by atoms with van der Waals surface area (Å²) in [5, 5.41) is 9.60. The molecule has 2 aliphatic carbocycles. The fourth-order valence-electron chi connectivity index (χ4n) is 2.54. The molecule has 0 saturated heterocycles. The van der Waals surface area contributed by atoms with Crippen LogP contribution in [0.15, 0.2) is 12.2 Å². The minimum Gasteiger partial charge on any atom is -0.383 e. The van der Waals surface area contributed by atoms with Crippen molar-refractivity contribution >= 4 is 5.78 Å². The van der Waals surface area contributed by atoms with Crippen molar-refractivity contribution in [3.05, 3.63) is 12.2 Å². The number of ketones is 1. The summed E-state index contributed by atoms with van der Waals surface area (Å²) >= 11 is 0. The number of allylic oxidation sites excluding steroid dienone is 2. The summed E-state index contributed by atoms with van der Waals surface area (Å²) in [6.45, 7) is 3.18. The van der Waals surface area contributed by atoms with E-state index in [1.165, 1.54) is 0 Å². The van der Waals surface area contributed by atoms with Gasteiger partial charge in [-0.15, -0.1) is 0 Å². The molecule has 2 bridgehead atoms. The fourth-order valence-corrected chi connectivity index (χ4v) is 2.54. The first kappa shape index (κ1) is 8.95. The van der Waals surface area contributed by atoms with Gasteiger partial charge in [-0.05, 0) is 38.5 Å². The zero-order chi connectivity index (χ0) is 9.64. The molecule has 0 unspecified atom stereocenters. The second-order valence-corrected chi connectivity index (χ2v) is 4.81. The first-order valence-electron chi connectivity index (χ1n) is 4.93. The molecule has 2 heteroatoms. The molecule has 0 amide bonds. The van der Waals surface area contributed by atoms with Crippen LogP contribution < -0.4 is 0 Å². The Bertz CT molecular complexity index is 260. The van der Waals surface area contributed by atoms with Gasteiger partial charge in [-0.25, -0.2) is 0 Å². The minimum atomic E-state index is -1.15. The molecule has 3 atom stereocenters. The molecule has 2 nitrogen and oxygen atoms in total. The predicted octanol–water partition coefficient (Wildman–Crippen LogP) is 1.54. The average molecular weight is 180 g/mol. The summed E-state index contributed by atoms with van der Waals surface area (Å²) in [5.41, 5.74) is -1.15. The molecule has 0 aromatic carbocycles. The van der Waals surface area contributed by atoms with Gasteiger partial charge in [0.15, 0.2) is 5.78 Å². The van der Waals surface area contributed by atoms with Crippen molar-refractivity contribution in [1.82, 2.24) is 0 Å². The molecule has 2 aliphatic rings. The zero-order valence-electron chi connectivity index (χ0n) is 8.16. The van der Waals surface area contributed by atoms with Crippen molar-refractivity contribution in [3.8, 4) is 0 Å². The van der Waals surface area contributed by atoms with E-state index in [0.29, 0.717) is 11.8 Å². The highest BCUT2D eigenvalue weighted by atomic mass is 16.3. The van der Waals surface area contributed by atoms with E-state index in [1.807, 2.05) is 0 Å². The molecule has 72 valence electrons. The maximum atomic E-state index is 11.8. The van der Waals surface area contributed by atoms with Crippen LogP contribution in [0.1, 0.15) is 26.7 Å². The van der Waals surface area contributed by atoms with Gasteiger partial charge in [0, 0.05) is 5.92 Å². The smallest absolute Gasteiger partial charge is 0.167 e. The van der Waals surface area contributed by atoms with Crippen LogP contribution in [-0.4, -0.2) is 16.5 Å². The highest BCUT2D eigenvalue weighted by Crippen LogP contribution is 2.44. The lowest BCUT2D eigenvalue weighted by molar-refractivity contribution is -0.139. The number of fused-ring (bicyclic) bond motifs is 2. The largest absolute Gasteiger partial charge is 0.383 e. The summed E-state index contributed by atoms with van der Waals surface area (Å²) in [5.74, 6) is 1.10. The maximum absolute atomic E-state index is 11.8. The summed E-state index contributed by atoms with van der Waals surface area (Å²) in [7, 11) is 0. The Hall–Kier alpha value is -0.630. The monoisotopic (exact) mass is 180 g/mol. The van der Waals surface area contributed by atoms with E-state index < -0.39 is 5.60 Å². The molecule has 0 radical (unpaired) electrons. The molecule has 1 fully saturated rings. The number of aliphatic hydroxyl groups is 1. The van der Waals surface area contributed by atoms with E-state index in [9.17, 15) is 9.90 Å². The van der Waals surface area contributed by atoms with Gasteiger partial charge in [0.25, 0.3) is 0 Å². The third kappa shape index (κ3) is 1.44. The Morgan fingerprint density at radius 1 is 1.38 bits per heavy atom. The van der Waals surface area contributed by atoms with E-state index >= 15 is 0 Å². The van der Waals surface area contributed by atoms with Gasteiger partial charge in [0.05, 0.1) is 0 Å². The van der Waals surface area contributed by atoms with Crippen molar-refractivity contribution in [2.75, 3.05) is 0 Å². The Balaban J connectivity index is 2.12. The third-order valence-corrected chi connectivity index (χ3v) is 3.22. The van der Waals surface area contributed by atoms with Crippen molar-refractivity contribution in [1.29, 1.82) is 0 Å². The van der Waals surface area contributed by atoms with Crippen LogP contribution in [0.5, 0.6) is 0 Å². The zero-order valence-corrected chi connectivity index (χ0v) is 8.16. The number of carbonyl (C=O) groups excluding carboxylic acids is 1. The number of Topliss-reactive ketones (excluding diaryl/α,β-unsaturated/α-hetero) is 1. The molecule has 1 saturated carbocycles. The van der Waals surface area contributed by atoms with Crippen LogP contribution in [-0.2, 0) is 4.79 Å². The standard InChI is InChI=1S/C11H16O2/c1-11(2,13)10(12)9-6-7-3-4-8(9)5-7/h3-4,7-9,13H,5-6H2,1-2H3/t7-,8+,9-/m0/s1. The van der Waals surface area contributed by atoms with Crippen LogP contribution in [0.2, 0.25) is 0 Å². The van der Waals surface area contributed by atoms with Crippen LogP contribution in [0.25, 0.3) is 0 Å². The number of carbonyl (C=O) groups is 1. The highest BCUT2D eigenvalue weighted by Gasteiger charge is 2.43. The van der Waals surface area contributed by atoms with Gasteiger partial charge >= 0.3 is 0 Å². The lowest BCUT2D eigenvalue weighted by Gasteiger charge is -2.24. The lowest BCUT2D eigenvalue weighted by Crippen LogP contribution is -2.38.